The van der Waals surface area contributed by atoms with Gasteiger partial charge in [0.05, 0.1) is 17.3 Å². The molecule has 0 atom stereocenters. The molecule has 0 saturated heterocycles. The van der Waals surface area contributed by atoms with Crippen LogP contribution in [-0.2, 0) is 23.1 Å². The number of aryl methyl sites for hydroxylation is 1. The number of rotatable bonds is 6. The quantitative estimate of drug-likeness (QED) is 0.875. The molecule has 1 aromatic heterocycles. The summed E-state index contributed by atoms with van der Waals surface area (Å²) in [6, 6.07) is 6.77. The van der Waals surface area contributed by atoms with E-state index in [2.05, 4.69) is 10.4 Å². The predicted molar refractivity (Wildman–Crippen MR) is 87.6 cm³/mol. The van der Waals surface area contributed by atoms with E-state index in [4.69, 9.17) is 11.6 Å². The highest BCUT2D eigenvalue weighted by atomic mass is 35.5. The highest BCUT2D eigenvalue weighted by Crippen LogP contribution is 2.27. The number of nitrogens with zero attached hydrogens (tertiary/aromatic N) is 3. The lowest BCUT2D eigenvalue weighted by molar-refractivity contribution is 0.521. The van der Waals surface area contributed by atoms with Gasteiger partial charge in [-0.2, -0.15) is 5.10 Å². The van der Waals surface area contributed by atoms with Crippen LogP contribution >= 0.6 is 11.6 Å². The van der Waals surface area contributed by atoms with Gasteiger partial charge in [-0.1, -0.05) is 11.6 Å². The van der Waals surface area contributed by atoms with Crippen molar-refractivity contribution >= 4 is 27.3 Å². The summed E-state index contributed by atoms with van der Waals surface area (Å²) in [5.74, 6) is 0. The molecule has 1 N–H and O–H groups in total. The van der Waals surface area contributed by atoms with Crippen LogP contribution in [0, 0.1) is 0 Å². The molecule has 8 heteroatoms. The van der Waals surface area contributed by atoms with Crippen molar-refractivity contribution in [1.82, 2.24) is 14.1 Å². The molecule has 22 heavy (non-hydrogen) atoms. The molecular formula is C14H19ClN4O2S. The first-order valence-electron chi connectivity index (χ1n) is 6.83. The third-order valence-electron chi connectivity index (χ3n) is 3.18. The Hall–Kier alpha value is -1.57. The van der Waals surface area contributed by atoms with Crippen LogP contribution in [0.1, 0.15) is 12.6 Å². The Morgan fingerprint density at radius 2 is 2.05 bits per heavy atom. The lowest BCUT2D eigenvalue weighted by Crippen LogP contribution is -2.22. The first-order chi connectivity index (χ1) is 10.3. The van der Waals surface area contributed by atoms with Gasteiger partial charge in [-0.05, 0) is 31.2 Å². The fourth-order valence-corrected chi connectivity index (χ4v) is 3.27. The van der Waals surface area contributed by atoms with Crippen molar-refractivity contribution in [3.05, 3.63) is 41.2 Å². The maximum Gasteiger partial charge on any atom is 0.244 e. The number of nitrogens with one attached hydrogen (secondary N) is 1. The van der Waals surface area contributed by atoms with Crippen molar-refractivity contribution in [2.75, 3.05) is 19.4 Å². The van der Waals surface area contributed by atoms with Crippen LogP contribution in [0.4, 0.5) is 5.69 Å². The van der Waals surface area contributed by atoms with E-state index in [1.54, 1.807) is 12.1 Å². The summed E-state index contributed by atoms with van der Waals surface area (Å²) in [6.45, 7) is 3.34. The average molecular weight is 343 g/mol. The third-order valence-corrected chi connectivity index (χ3v) is 5.48. The van der Waals surface area contributed by atoms with Crippen LogP contribution in [0.15, 0.2) is 35.4 Å². The molecule has 2 aromatic rings. The predicted octanol–water partition coefficient (Wildman–Crippen LogP) is 2.42. The van der Waals surface area contributed by atoms with Gasteiger partial charge in [0.1, 0.15) is 4.90 Å². The lowest BCUT2D eigenvalue weighted by Gasteiger charge is -2.14. The normalized spacial score (nSPS) is 11.9. The van der Waals surface area contributed by atoms with Gasteiger partial charge in [0.25, 0.3) is 0 Å². The van der Waals surface area contributed by atoms with E-state index < -0.39 is 10.0 Å². The van der Waals surface area contributed by atoms with Crippen LogP contribution in [0.2, 0.25) is 5.02 Å². The molecule has 0 spiro atoms. The number of hydrogen-bond donors (Lipinski definition) is 1. The van der Waals surface area contributed by atoms with E-state index in [1.807, 2.05) is 23.9 Å². The molecule has 1 heterocycles. The topological polar surface area (TPSA) is 67.2 Å². The number of benzene rings is 1. The Labute approximate surface area is 135 Å². The van der Waals surface area contributed by atoms with E-state index in [-0.39, 0.29) is 9.92 Å². The number of hydrogen-bond acceptors (Lipinski definition) is 4. The molecule has 120 valence electrons. The van der Waals surface area contributed by atoms with Gasteiger partial charge >= 0.3 is 0 Å². The number of anilines is 1. The van der Waals surface area contributed by atoms with Gasteiger partial charge in [0.2, 0.25) is 10.0 Å². The second-order valence-electron chi connectivity index (χ2n) is 4.95. The molecule has 0 aliphatic carbocycles. The largest absolute Gasteiger partial charge is 0.379 e. The first kappa shape index (κ1) is 16.8. The van der Waals surface area contributed by atoms with Crippen molar-refractivity contribution in [2.45, 2.75) is 24.9 Å². The fourth-order valence-electron chi connectivity index (χ4n) is 1.87. The molecule has 0 radical (unpaired) electrons. The third kappa shape index (κ3) is 3.60. The maximum absolute atomic E-state index is 12.2. The van der Waals surface area contributed by atoms with Gasteiger partial charge in [-0.25, -0.2) is 12.7 Å². The second kappa shape index (κ2) is 6.68. The number of halogens is 1. The van der Waals surface area contributed by atoms with E-state index in [1.165, 1.54) is 20.2 Å². The van der Waals surface area contributed by atoms with E-state index in [0.717, 1.165) is 16.5 Å². The van der Waals surface area contributed by atoms with Gasteiger partial charge in [-0.15, -0.1) is 0 Å². The van der Waals surface area contributed by atoms with Crippen molar-refractivity contribution < 1.29 is 8.42 Å². The molecule has 0 fully saturated rings. The van der Waals surface area contributed by atoms with Crippen molar-refractivity contribution in [2.24, 2.45) is 0 Å². The Kier molecular flexibility index (Phi) is 5.10. The number of sulfonamides is 1. The Bertz CT molecular complexity index is 756. The maximum atomic E-state index is 12.2. The smallest absolute Gasteiger partial charge is 0.244 e. The van der Waals surface area contributed by atoms with Crippen LogP contribution in [-0.4, -0.2) is 36.6 Å². The van der Waals surface area contributed by atoms with Crippen LogP contribution < -0.4 is 5.32 Å². The lowest BCUT2D eigenvalue weighted by atomic mass is 10.3. The molecule has 0 bridgehead atoms. The molecule has 0 saturated carbocycles. The van der Waals surface area contributed by atoms with E-state index in [9.17, 15) is 8.42 Å². The van der Waals surface area contributed by atoms with Crippen LogP contribution in [0.5, 0.6) is 0 Å². The number of aromatic nitrogens is 2. The molecule has 2 rings (SSSR count). The summed E-state index contributed by atoms with van der Waals surface area (Å²) in [6.07, 6.45) is 1.90. The zero-order valence-electron chi connectivity index (χ0n) is 12.7. The zero-order valence-corrected chi connectivity index (χ0v) is 14.3. The van der Waals surface area contributed by atoms with Gasteiger partial charge in [0.15, 0.2) is 0 Å². The summed E-state index contributed by atoms with van der Waals surface area (Å²) in [5.41, 5.74) is 1.56. The SMILES string of the molecule is CCn1ccc(CNc2ccc(Cl)c(S(=O)(=O)N(C)C)c2)n1. The average Bonchev–Trinajstić information content (AvgIpc) is 2.94. The first-order valence-corrected chi connectivity index (χ1v) is 8.64. The monoisotopic (exact) mass is 342 g/mol. The van der Waals surface area contributed by atoms with Crippen molar-refractivity contribution in [3.63, 3.8) is 0 Å². The van der Waals surface area contributed by atoms with Gasteiger partial charge in [0, 0.05) is 32.5 Å². The minimum absolute atomic E-state index is 0.0863. The summed E-state index contributed by atoms with van der Waals surface area (Å²) in [7, 11) is -0.621. The molecule has 0 unspecified atom stereocenters. The minimum Gasteiger partial charge on any atom is -0.379 e. The van der Waals surface area contributed by atoms with Crippen LogP contribution in [0.25, 0.3) is 0 Å². The van der Waals surface area contributed by atoms with Gasteiger partial charge < -0.3 is 5.32 Å². The fraction of sp³-hybridized carbons (Fsp3) is 0.357. The molecule has 6 nitrogen and oxygen atoms in total. The summed E-state index contributed by atoms with van der Waals surface area (Å²) in [4.78, 5) is 0.0863. The molecule has 0 aliphatic rings. The Morgan fingerprint density at radius 3 is 2.64 bits per heavy atom. The summed E-state index contributed by atoms with van der Waals surface area (Å²) in [5, 5.41) is 7.73. The Balaban J connectivity index is 2.19. The van der Waals surface area contributed by atoms with Crippen LogP contribution in [0.3, 0.4) is 0 Å². The Morgan fingerprint density at radius 1 is 1.32 bits per heavy atom. The van der Waals surface area contributed by atoms with E-state index in [0.29, 0.717) is 12.2 Å². The molecule has 0 aliphatic heterocycles. The molecule has 0 amide bonds. The van der Waals surface area contributed by atoms with E-state index >= 15 is 0 Å². The van der Waals surface area contributed by atoms with Crippen molar-refractivity contribution in [3.8, 4) is 0 Å². The second-order valence-corrected chi connectivity index (χ2v) is 7.48. The highest BCUT2D eigenvalue weighted by Gasteiger charge is 2.21. The molecule has 1 aromatic carbocycles. The summed E-state index contributed by atoms with van der Waals surface area (Å²) >= 11 is 6.01. The van der Waals surface area contributed by atoms with Gasteiger partial charge in [-0.3, -0.25) is 4.68 Å². The zero-order chi connectivity index (χ0) is 16.3. The summed E-state index contributed by atoms with van der Waals surface area (Å²) < 4.78 is 27.4. The highest BCUT2D eigenvalue weighted by molar-refractivity contribution is 7.89. The standard InChI is InChI=1S/C14H19ClN4O2S/c1-4-19-8-7-12(17-19)10-16-11-5-6-13(15)14(9-11)22(20,21)18(2)3/h5-9,16H,4,10H2,1-3H3. The molecular weight excluding hydrogens is 324 g/mol. The van der Waals surface area contributed by atoms with Crippen molar-refractivity contribution in [1.29, 1.82) is 0 Å². The minimum atomic E-state index is -3.57.